The van der Waals surface area contributed by atoms with E-state index in [2.05, 4.69) is 0 Å². The molecule has 0 bridgehead atoms. The van der Waals surface area contributed by atoms with E-state index in [9.17, 15) is 13.2 Å². The topological polar surface area (TPSA) is 85.4 Å². The van der Waals surface area contributed by atoms with Crippen LogP contribution in [0.3, 0.4) is 0 Å². The lowest BCUT2D eigenvalue weighted by Crippen LogP contribution is -2.41. The van der Waals surface area contributed by atoms with E-state index in [1.54, 1.807) is 50.6 Å². The smallest absolute Gasteiger partial charge is 0.264 e. The van der Waals surface area contributed by atoms with Gasteiger partial charge >= 0.3 is 0 Å². The standard InChI is InChI=1S/C26H29ClN2O6S/c1-5-35-22-11-9-21(10-12-22)29(36(31,32)23-13-7-20(27)8-14-23)18-26(30)28(2)17-19-6-15-24(33-3)25(16-19)34-4/h6-16H,5,17-18H2,1-4H3. The van der Waals surface area contributed by atoms with Crippen LogP contribution in [0.15, 0.2) is 71.6 Å². The monoisotopic (exact) mass is 532 g/mol. The van der Waals surface area contributed by atoms with E-state index < -0.39 is 22.5 Å². The first-order valence-corrected chi connectivity index (χ1v) is 13.0. The van der Waals surface area contributed by atoms with Crippen LogP contribution in [-0.4, -0.2) is 53.6 Å². The Morgan fingerprint density at radius 1 is 0.917 bits per heavy atom. The number of likely N-dealkylation sites (N-methyl/N-ethyl adjacent to an activating group) is 1. The number of amides is 1. The number of carbonyl (C=O) groups excluding carboxylic acids is 1. The lowest BCUT2D eigenvalue weighted by Gasteiger charge is -2.27. The molecule has 0 aromatic heterocycles. The highest BCUT2D eigenvalue weighted by molar-refractivity contribution is 7.92. The summed E-state index contributed by atoms with van der Waals surface area (Å²) in [5, 5.41) is 0.410. The van der Waals surface area contributed by atoms with Crippen LogP contribution in [0.5, 0.6) is 17.2 Å². The van der Waals surface area contributed by atoms with Crippen LogP contribution >= 0.6 is 11.6 Å². The summed E-state index contributed by atoms with van der Waals surface area (Å²) in [6.07, 6.45) is 0. The number of sulfonamides is 1. The van der Waals surface area contributed by atoms with Gasteiger partial charge in [-0.3, -0.25) is 9.10 Å². The third kappa shape index (κ3) is 6.41. The molecule has 0 saturated heterocycles. The summed E-state index contributed by atoms with van der Waals surface area (Å²) < 4.78 is 44.3. The third-order valence-electron chi connectivity index (χ3n) is 5.41. The van der Waals surface area contributed by atoms with Crippen LogP contribution < -0.4 is 18.5 Å². The van der Waals surface area contributed by atoms with E-state index in [1.807, 2.05) is 13.0 Å². The number of anilines is 1. The van der Waals surface area contributed by atoms with E-state index in [4.69, 9.17) is 25.8 Å². The molecule has 192 valence electrons. The number of hydrogen-bond donors (Lipinski definition) is 0. The average molecular weight is 533 g/mol. The highest BCUT2D eigenvalue weighted by Crippen LogP contribution is 2.29. The zero-order valence-electron chi connectivity index (χ0n) is 20.6. The summed E-state index contributed by atoms with van der Waals surface area (Å²) in [5.74, 6) is 1.32. The molecule has 0 aliphatic rings. The summed E-state index contributed by atoms with van der Waals surface area (Å²) in [6.45, 7) is 2.18. The molecule has 3 rings (SSSR count). The number of methoxy groups -OCH3 is 2. The minimum Gasteiger partial charge on any atom is -0.494 e. The fraction of sp³-hybridized carbons (Fsp3) is 0.269. The van der Waals surface area contributed by atoms with Crippen molar-refractivity contribution in [3.63, 3.8) is 0 Å². The summed E-state index contributed by atoms with van der Waals surface area (Å²) in [4.78, 5) is 14.7. The van der Waals surface area contributed by atoms with Gasteiger partial charge in [-0.2, -0.15) is 0 Å². The largest absolute Gasteiger partial charge is 0.494 e. The summed E-state index contributed by atoms with van der Waals surface area (Å²) in [6, 6.07) is 17.7. The van der Waals surface area contributed by atoms with Crippen molar-refractivity contribution in [1.29, 1.82) is 0 Å². The van der Waals surface area contributed by atoms with Gasteiger partial charge in [0.25, 0.3) is 10.0 Å². The van der Waals surface area contributed by atoms with Gasteiger partial charge in [0.1, 0.15) is 12.3 Å². The zero-order valence-corrected chi connectivity index (χ0v) is 22.2. The fourth-order valence-electron chi connectivity index (χ4n) is 3.51. The molecule has 0 aliphatic heterocycles. The van der Waals surface area contributed by atoms with Crippen LogP contribution in [-0.2, 0) is 21.4 Å². The highest BCUT2D eigenvalue weighted by Gasteiger charge is 2.28. The minimum atomic E-state index is -4.07. The molecule has 0 radical (unpaired) electrons. The Morgan fingerprint density at radius 2 is 1.56 bits per heavy atom. The molecule has 0 aliphatic carbocycles. The molecule has 0 heterocycles. The molecular weight excluding hydrogens is 504 g/mol. The quantitative estimate of drug-likeness (QED) is 0.358. The first-order valence-electron chi connectivity index (χ1n) is 11.2. The van der Waals surface area contributed by atoms with Gasteiger partial charge in [-0.25, -0.2) is 8.42 Å². The van der Waals surface area contributed by atoms with Crippen molar-refractivity contribution in [2.45, 2.75) is 18.4 Å². The Bertz CT molecular complexity index is 1280. The molecule has 1 amide bonds. The molecule has 0 spiro atoms. The van der Waals surface area contributed by atoms with Gasteiger partial charge in [-0.05, 0) is 73.2 Å². The van der Waals surface area contributed by atoms with E-state index in [0.717, 1.165) is 9.87 Å². The summed E-state index contributed by atoms with van der Waals surface area (Å²) >= 11 is 5.95. The van der Waals surface area contributed by atoms with Crippen LogP contribution in [0.4, 0.5) is 5.69 Å². The average Bonchev–Trinajstić information content (AvgIpc) is 2.88. The number of hydrogen-bond acceptors (Lipinski definition) is 6. The third-order valence-corrected chi connectivity index (χ3v) is 7.45. The Balaban J connectivity index is 1.89. The van der Waals surface area contributed by atoms with Crippen molar-refractivity contribution in [2.24, 2.45) is 0 Å². The van der Waals surface area contributed by atoms with Gasteiger partial charge < -0.3 is 19.1 Å². The normalized spacial score (nSPS) is 11.0. The molecular formula is C26H29ClN2O6S. The lowest BCUT2D eigenvalue weighted by molar-refractivity contribution is -0.128. The SMILES string of the molecule is CCOc1ccc(N(CC(=O)N(C)Cc2ccc(OC)c(OC)c2)S(=O)(=O)c2ccc(Cl)cc2)cc1. The molecule has 3 aromatic rings. The highest BCUT2D eigenvalue weighted by atomic mass is 35.5. The Kier molecular flexibility index (Phi) is 9.06. The maximum atomic E-state index is 13.6. The number of halogens is 1. The molecule has 0 fully saturated rings. The van der Waals surface area contributed by atoms with Crippen molar-refractivity contribution >= 4 is 33.2 Å². The number of carbonyl (C=O) groups is 1. The molecule has 8 nitrogen and oxygen atoms in total. The van der Waals surface area contributed by atoms with Gasteiger partial charge in [-0.1, -0.05) is 17.7 Å². The predicted molar refractivity (Wildman–Crippen MR) is 140 cm³/mol. The van der Waals surface area contributed by atoms with Crippen molar-refractivity contribution in [3.05, 3.63) is 77.3 Å². The number of ether oxygens (including phenoxy) is 3. The van der Waals surface area contributed by atoms with E-state index in [0.29, 0.717) is 34.6 Å². The van der Waals surface area contributed by atoms with Crippen LogP contribution in [0.25, 0.3) is 0 Å². The van der Waals surface area contributed by atoms with Gasteiger partial charge in [0.2, 0.25) is 5.91 Å². The van der Waals surface area contributed by atoms with Gasteiger partial charge in [0.05, 0.1) is 31.4 Å². The molecule has 0 atom stereocenters. The second kappa shape index (κ2) is 12.0. The second-order valence-electron chi connectivity index (χ2n) is 7.83. The van der Waals surface area contributed by atoms with Crippen molar-refractivity contribution < 1.29 is 27.4 Å². The van der Waals surface area contributed by atoms with E-state index in [1.165, 1.54) is 36.3 Å². The summed E-state index contributed by atoms with van der Waals surface area (Å²) in [7, 11) is 0.628. The van der Waals surface area contributed by atoms with Crippen molar-refractivity contribution in [3.8, 4) is 17.2 Å². The number of benzene rings is 3. The maximum Gasteiger partial charge on any atom is 0.264 e. The first kappa shape index (κ1) is 27.2. The lowest BCUT2D eigenvalue weighted by atomic mass is 10.2. The number of nitrogens with zero attached hydrogens (tertiary/aromatic N) is 2. The zero-order chi connectivity index (χ0) is 26.3. The van der Waals surface area contributed by atoms with E-state index >= 15 is 0 Å². The predicted octanol–water partition coefficient (Wildman–Crippen LogP) is 4.61. The van der Waals surface area contributed by atoms with Crippen molar-refractivity contribution in [2.75, 3.05) is 38.7 Å². The molecule has 36 heavy (non-hydrogen) atoms. The van der Waals surface area contributed by atoms with Crippen LogP contribution in [0.2, 0.25) is 5.02 Å². The number of rotatable bonds is 11. The van der Waals surface area contributed by atoms with Gasteiger partial charge in [-0.15, -0.1) is 0 Å². The fourth-order valence-corrected chi connectivity index (χ4v) is 5.05. The molecule has 0 N–H and O–H groups in total. The summed E-state index contributed by atoms with van der Waals surface area (Å²) in [5.41, 5.74) is 1.14. The molecule has 0 saturated carbocycles. The molecule has 10 heteroatoms. The first-order chi connectivity index (χ1) is 17.2. The Labute approximate surface area is 217 Å². The van der Waals surface area contributed by atoms with Crippen LogP contribution in [0, 0.1) is 0 Å². The van der Waals surface area contributed by atoms with Gasteiger partial charge in [0.15, 0.2) is 11.5 Å². The Hall–Kier alpha value is -3.43. The minimum absolute atomic E-state index is 0.0242. The van der Waals surface area contributed by atoms with Gasteiger partial charge in [0, 0.05) is 18.6 Å². The van der Waals surface area contributed by atoms with E-state index in [-0.39, 0.29) is 11.4 Å². The van der Waals surface area contributed by atoms with Crippen molar-refractivity contribution in [1.82, 2.24) is 4.90 Å². The Morgan fingerprint density at radius 3 is 2.14 bits per heavy atom. The van der Waals surface area contributed by atoms with Crippen LogP contribution in [0.1, 0.15) is 12.5 Å². The molecule has 0 unspecified atom stereocenters. The molecule has 3 aromatic carbocycles. The maximum absolute atomic E-state index is 13.6. The second-order valence-corrected chi connectivity index (χ2v) is 10.1.